The minimum Gasteiger partial charge on any atom is -0.497 e. The zero-order valence-electron chi connectivity index (χ0n) is 24.9. The Hall–Kier alpha value is -4.34. The Morgan fingerprint density at radius 1 is 0.929 bits per heavy atom. The Morgan fingerprint density at radius 3 is 2.14 bits per heavy atom. The summed E-state index contributed by atoms with van der Waals surface area (Å²) in [5.41, 5.74) is 10.6. The van der Waals surface area contributed by atoms with Crippen LogP contribution in [0.5, 0.6) is 5.75 Å². The van der Waals surface area contributed by atoms with Gasteiger partial charge in [0.05, 0.1) is 37.8 Å². The number of imidazole rings is 1. The molecule has 0 bridgehead atoms. The number of benzene rings is 2. The summed E-state index contributed by atoms with van der Waals surface area (Å²) >= 11 is 0. The Labute approximate surface area is 247 Å². The predicted molar refractivity (Wildman–Crippen MR) is 159 cm³/mol. The number of carbonyl (C=O) groups is 3. The number of primary amides is 1. The lowest BCUT2D eigenvalue weighted by Gasteiger charge is -2.40. The quantitative estimate of drug-likeness (QED) is 0.488. The maximum absolute atomic E-state index is 13.8. The van der Waals surface area contributed by atoms with Crippen LogP contribution in [0.25, 0.3) is 0 Å². The second-order valence-electron chi connectivity index (χ2n) is 12.1. The molecule has 1 atom stereocenters. The molecule has 222 valence electrons. The first-order valence-corrected chi connectivity index (χ1v) is 14.4. The van der Waals surface area contributed by atoms with Gasteiger partial charge in [0.25, 0.3) is 0 Å². The first-order valence-electron chi connectivity index (χ1n) is 14.4. The van der Waals surface area contributed by atoms with Crippen LogP contribution in [0.1, 0.15) is 48.8 Å². The predicted octanol–water partition coefficient (Wildman–Crippen LogP) is 2.96. The van der Waals surface area contributed by atoms with Crippen LogP contribution >= 0.6 is 0 Å². The number of ether oxygens (including phenoxy) is 1. The number of urea groups is 1. The van der Waals surface area contributed by atoms with Gasteiger partial charge in [0, 0.05) is 39.1 Å². The molecule has 2 aromatic carbocycles. The molecular weight excluding hydrogens is 532 g/mol. The highest BCUT2D eigenvalue weighted by Crippen LogP contribution is 2.27. The van der Waals surface area contributed by atoms with E-state index in [1.807, 2.05) is 30.6 Å². The Kier molecular flexibility index (Phi) is 8.24. The Bertz CT molecular complexity index is 1430. The molecule has 10 heteroatoms. The first kappa shape index (κ1) is 29.2. The highest BCUT2D eigenvalue weighted by atomic mass is 16.5. The second-order valence-corrected chi connectivity index (χ2v) is 12.1. The van der Waals surface area contributed by atoms with Crippen molar-refractivity contribution in [2.24, 2.45) is 5.73 Å². The average Bonchev–Trinajstić information content (AvgIpc) is 3.37. The summed E-state index contributed by atoms with van der Waals surface area (Å²) in [5, 5.41) is 0. The highest BCUT2D eigenvalue weighted by Gasteiger charge is 2.39. The van der Waals surface area contributed by atoms with Crippen molar-refractivity contribution in [1.29, 1.82) is 0 Å². The first-order chi connectivity index (χ1) is 20.0. The molecule has 1 unspecified atom stereocenters. The monoisotopic (exact) mass is 572 g/mol. The van der Waals surface area contributed by atoms with Crippen molar-refractivity contribution in [1.82, 2.24) is 24.3 Å². The SMILES string of the molecule is COc1ccc(CC(=O)N2Cc3c(ncn3Cc3ccc(C(C)(C)C)cc3)CC2C(=O)N2CCN(C(N)=O)CC2)cc1. The number of nitrogens with zero attached hydrogens (tertiary/aromatic N) is 5. The maximum atomic E-state index is 13.8. The average molecular weight is 573 g/mol. The van der Waals surface area contributed by atoms with Gasteiger partial charge in [0.2, 0.25) is 11.8 Å². The summed E-state index contributed by atoms with van der Waals surface area (Å²) in [4.78, 5) is 48.9. The number of fused-ring (bicyclic) bond motifs is 1. The Morgan fingerprint density at radius 2 is 1.55 bits per heavy atom. The van der Waals surface area contributed by atoms with Crippen LogP contribution in [0.2, 0.25) is 0 Å². The summed E-state index contributed by atoms with van der Waals surface area (Å²) in [7, 11) is 1.60. The molecular formula is C32H40N6O4. The van der Waals surface area contributed by atoms with Gasteiger partial charge in [-0.15, -0.1) is 0 Å². The number of methoxy groups -OCH3 is 1. The maximum Gasteiger partial charge on any atom is 0.314 e. The third kappa shape index (κ3) is 6.27. The van der Waals surface area contributed by atoms with Crippen molar-refractivity contribution >= 4 is 17.8 Å². The largest absolute Gasteiger partial charge is 0.497 e. The van der Waals surface area contributed by atoms with Crippen molar-refractivity contribution in [3.8, 4) is 5.75 Å². The summed E-state index contributed by atoms with van der Waals surface area (Å²) in [6.45, 7) is 9.02. The number of carbonyl (C=O) groups excluding carboxylic acids is 3. The van der Waals surface area contributed by atoms with Gasteiger partial charge in [-0.3, -0.25) is 9.59 Å². The lowest BCUT2D eigenvalue weighted by atomic mass is 9.87. The number of hydrogen-bond donors (Lipinski definition) is 1. The molecule has 5 rings (SSSR count). The van der Waals surface area contributed by atoms with Gasteiger partial charge in [0.15, 0.2) is 0 Å². The van der Waals surface area contributed by atoms with E-state index in [1.54, 1.807) is 16.9 Å². The van der Waals surface area contributed by atoms with Crippen LogP contribution in [0, 0.1) is 0 Å². The number of amides is 4. The molecule has 4 amide bonds. The van der Waals surface area contributed by atoms with Crippen molar-refractivity contribution < 1.29 is 19.1 Å². The van der Waals surface area contributed by atoms with E-state index in [2.05, 4.69) is 49.6 Å². The molecule has 42 heavy (non-hydrogen) atoms. The van der Waals surface area contributed by atoms with Crippen molar-refractivity contribution in [2.75, 3.05) is 33.3 Å². The fraction of sp³-hybridized carbons (Fsp3) is 0.438. The molecule has 0 saturated carbocycles. The fourth-order valence-corrected chi connectivity index (χ4v) is 5.67. The van der Waals surface area contributed by atoms with E-state index < -0.39 is 12.1 Å². The van der Waals surface area contributed by atoms with E-state index in [1.165, 1.54) is 10.5 Å². The highest BCUT2D eigenvalue weighted by molar-refractivity contribution is 5.89. The van der Waals surface area contributed by atoms with Gasteiger partial charge in [-0.05, 0) is 34.2 Å². The van der Waals surface area contributed by atoms with E-state index in [0.29, 0.717) is 45.7 Å². The van der Waals surface area contributed by atoms with Gasteiger partial charge in [0.1, 0.15) is 11.8 Å². The van der Waals surface area contributed by atoms with Gasteiger partial charge in [-0.1, -0.05) is 57.2 Å². The molecule has 10 nitrogen and oxygen atoms in total. The van der Waals surface area contributed by atoms with Crippen molar-refractivity contribution in [3.05, 3.63) is 82.9 Å². The van der Waals surface area contributed by atoms with E-state index in [4.69, 9.17) is 15.5 Å². The molecule has 1 fully saturated rings. The molecule has 3 heterocycles. The van der Waals surface area contributed by atoms with E-state index in [-0.39, 0.29) is 23.7 Å². The lowest BCUT2D eigenvalue weighted by molar-refractivity contribution is -0.147. The molecule has 3 aromatic rings. The molecule has 0 radical (unpaired) electrons. The smallest absolute Gasteiger partial charge is 0.314 e. The van der Waals surface area contributed by atoms with Crippen molar-refractivity contribution in [3.63, 3.8) is 0 Å². The molecule has 1 saturated heterocycles. The zero-order valence-corrected chi connectivity index (χ0v) is 24.9. The summed E-state index contributed by atoms with van der Waals surface area (Å²) in [5.74, 6) is 0.471. The third-order valence-corrected chi connectivity index (χ3v) is 8.31. The number of aromatic nitrogens is 2. The zero-order chi connectivity index (χ0) is 30.0. The van der Waals surface area contributed by atoms with Crippen LogP contribution < -0.4 is 10.5 Å². The van der Waals surface area contributed by atoms with E-state index in [9.17, 15) is 14.4 Å². The van der Waals surface area contributed by atoms with E-state index >= 15 is 0 Å². The van der Waals surface area contributed by atoms with Crippen LogP contribution in [0.15, 0.2) is 54.9 Å². The summed E-state index contributed by atoms with van der Waals surface area (Å²) < 4.78 is 7.34. The fourth-order valence-electron chi connectivity index (χ4n) is 5.67. The lowest BCUT2D eigenvalue weighted by Crippen LogP contribution is -2.59. The molecule has 1 aromatic heterocycles. The van der Waals surface area contributed by atoms with Crippen LogP contribution in [0.4, 0.5) is 4.79 Å². The van der Waals surface area contributed by atoms with Crippen LogP contribution in [-0.2, 0) is 40.9 Å². The number of hydrogen-bond acceptors (Lipinski definition) is 5. The molecule has 2 aliphatic heterocycles. The second kappa shape index (κ2) is 11.9. The molecule has 0 spiro atoms. The Balaban J connectivity index is 1.38. The standard InChI is InChI=1S/C32H40N6O4/c1-32(2,3)24-9-5-23(6-10-24)19-37-21-34-26-18-27(30(40)35-13-15-36(16-14-35)31(33)41)38(20-28(26)37)29(39)17-22-7-11-25(42-4)12-8-22/h5-12,21,27H,13-20H2,1-4H3,(H2,33,41). The van der Waals surface area contributed by atoms with Gasteiger partial charge >= 0.3 is 6.03 Å². The third-order valence-electron chi connectivity index (χ3n) is 8.31. The van der Waals surface area contributed by atoms with Gasteiger partial charge in [-0.2, -0.15) is 0 Å². The minimum atomic E-state index is -0.669. The van der Waals surface area contributed by atoms with Crippen LogP contribution in [0.3, 0.4) is 0 Å². The topological polar surface area (TPSA) is 114 Å². The molecule has 0 aliphatic carbocycles. The summed E-state index contributed by atoms with van der Waals surface area (Å²) in [6.07, 6.45) is 2.32. The minimum absolute atomic E-state index is 0.0749. The number of piperazine rings is 1. The van der Waals surface area contributed by atoms with E-state index in [0.717, 1.165) is 28.3 Å². The molecule has 2 N–H and O–H groups in total. The van der Waals surface area contributed by atoms with Gasteiger partial charge in [-0.25, -0.2) is 9.78 Å². The number of rotatable bonds is 6. The summed E-state index contributed by atoms with van der Waals surface area (Å²) in [6, 6.07) is 14.9. The van der Waals surface area contributed by atoms with Gasteiger partial charge < -0.3 is 29.7 Å². The normalized spacial score (nSPS) is 17.1. The number of nitrogens with two attached hydrogens (primary N) is 1. The van der Waals surface area contributed by atoms with Crippen LogP contribution in [-0.4, -0.2) is 81.4 Å². The molecule has 2 aliphatic rings. The van der Waals surface area contributed by atoms with Crippen molar-refractivity contribution in [2.45, 2.75) is 58.2 Å².